The van der Waals surface area contributed by atoms with E-state index in [1.807, 2.05) is 13.8 Å². The van der Waals surface area contributed by atoms with Crippen molar-refractivity contribution in [2.75, 3.05) is 13.1 Å². The van der Waals surface area contributed by atoms with E-state index in [1.54, 1.807) is 40.8 Å². The Morgan fingerprint density at radius 1 is 1.07 bits per heavy atom. The van der Waals surface area contributed by atoms with E-state index < -0.39 is 10.0 Å². The molecule has 1 aromatic carbocycles. The number of nitrogens with one attached hydrogen (secondary N) is 1. The summed E-state index contributed by atoms with van der Waals surface area (Å²) in [5.74, 6) is -0.201. The molecule has 1 aliphatic carbocycles. The predicted molar refractivity (Wildman–Crippen MR) is 105 cm³/mol. The van der Waals surface area contributed by atoms with Gasteiger partial charge in [0.2, 0.25) is 10.0 Å². The van der Waals surface area contributed by atoms with Crippen LogP contribution in [0.2, 0.25) is 0 Å². The van der Waals surface area contributed by atoms with Gasteiger partial charge in [0.1, 0.15) is 5.83 Å². The summed E-state index contributed by atoms with van der Waals surface area (Å²) in [5, 5.41) is 3.34. The third-order valence-corrected chi connectivity index (χ3v) is 6.89. The molecule has 1 N–H and O–H groups in total. The van der Waals surface area contributed by atoms with E-state index in [0.29, 0.717) is 18.8 Å². The number of fused-ring (bicyclic) bond motifs is 1. The number of halogens is 1. The van der Waals surface area contributed by atoms with E-state index >= 15 is 0 Å². The number of aliphatic imine (C=N–C) groups is 1. The fourth-order valence-corrected chi connectivity index (χ4v) is 5.43. The molecule has 0 saturated carbocycles. The summed E-state index contributed by atoms with van der Waals surface area (Å²) in [6.45, 7) is 4.89. The molecule has 1 fully saturated rings. The van der Waals surface area contributed by atoms with Crippen molar-refractivity contribution in [3.63, 3.8) is 0 Å². The molecule has 2 aliphatic heterocycles. The molecule has 4 rings (SSSR count). The lowest BCUT2D eigenvalue weighted by atomic mass is 9.93. The lowest BCUT2D eigenvalue weighted by Crippen LogP contribution is -2.55. The highest BCUT2D eigenvalue weighted by Crippen LogP contribution is 2.34. The van der Waals surface area contributed by atoms with Crippen LogP contribution in [0.3, 0.4) is 0 Å². The number of sulfonamides is 1. The molecule has 1 aromatic rings. The van der Waals surface area contributed by atoms with Gasteiger partial charge in [0.05, 0.1) is 10.6 Å². The van der Waals surface area contributed by atoms with Crippen LogP contribution in [-0.4, -0.2) is 43.6 Å². The zero-order valence-electron chi connectivity index (χ0n) is 15.3. The number of rotatable bonds is 3. The summed E-state index contributed by atoms with van der Waals surface area (Å²) in [4.78, 5) is 4.59. The molecule has 0 spiro atoms. The van der Waals surface area contributed by atoms with E-state index in [1.165, 1.54) is 6.08 Å². The average Bonchev–Trinajstić information content (AvgIpc) is 3.04. The Labute approximate surface area is 159 Å². The Kier molecular flexibility index (Phi) is 4.61. The largest absolute Gasteiger partial charge is 0.309 e. The monoisotopic (exact) mass is 387 g/mol. The third kappa shape index (κ3) is 3.42. The van der Waals surface area contributed by atoms with Crippen molar-refractivity contribution in [1.29, 1.82) is 0 Å². The first-order valence-electron chi connectivity index (χ1n) is 9.05. The SMILES string of the molecule is C[C@H]1CN(S(=O)(=O)c2ccc(C3=CN=C4CC(F)=CC=C34)cc2)C[C@H](C)N1. The summed E-state index contributed by atoms with van der Waals surface area (Å²) < 4.78 is 40.9. The lowest BCUT2D eigenvalue weighted by Gasteiger charge is -2.35. The first-order chi connectivity index (χ1) is 12.8. The van der Waals surface area contributed by atoms with E-state index in [-0.39, 0.29) is 29.2 Å². The number of allylic oxidation sites excluding steroid dienone is 5. The van der Waals surface area contributed by atoms with Crippen molar-refractivity contribution in [1.82, 2.24) is 9.62 Å². The minimum atomic E-state index is -3.53. The maximum Gasteiger partial charge on any atom is 0.243 e. The lowest BCUT2D eigenvalue weighted by molar-refractivity contribution is 0.263. The Balaban J connectivity index is 1.58. The van der Waals surface area contributed by atoms with Crippen molar-refractivity contribution in [2.24, 2.45) is 4.99 Å². The second kappa shape index (κ2) is 6.82. The van der Waals surface area contributed by atoms with Gasteiger partial charge in [-0.25, -0.2) is 12.8 Å². The number of benzene rings is 1. The zero-order chi connectivity index (χ0) is 19.2. The van der Waals surface area contributed by atoms with Crippen molar-refractivity contribution < 1.29 is 12.8 Å². The first kappa shape index (κ1) is 18.3. The van der Waals surface area contributed by atoms with Crippen LogP contribution in [0.5, 0.6) is 0 Å². The van der Waals surface area contributed by atoms with Crippen LogP contribution in [0.25, 0.3) is 5.57 Å². The average molecular weight is 387 g/mol. The van der Waals surface area contributed by atoms with Gasteiger partial charge in [-0.15, -0.1) is 0 Å². The minimum absolute atomic E-state index is 0.119. The van der Waals surface area contributed by atoms with Crippen LogP contribution >= 0.6 is 0 Å². The Morgan fingerprint density at radius 2 is 1.74 bits per heavy atom. The number of nitrogens with zero attached hydrogens (tertiary/aromatic N) is 2. The molecule has 0 bridgehead atoms. The van der Waals surface area contributed by atoms with Gasteiger partial charge in [-0.05, 0) is 43.7 Å². The van der Waals surface area contributed by atoms with Gasteiger partial charge >= 0.3 is 0 Å². The van der Waals surface area contributed by atoms with Crippen molar-refractivity contribution in [3.05, 3.63) is 59.6 Å². The second-order valence-electron chi connectivity index (χ2n) is 7.30. The molecule has 2 heterocycles. The first-order valence-corrected chi connectivity index (χ1v) is 10.5. The fraction of sp³-hybridized carbons (Fsp3) is 0.350. The maximum atomic E-state index is 13.4. The predicted octanol–water partition coefficient (Wildman–Crippen LogP) is 3.04. The van der Waals surface area contributed by atoms with Gasteiger partial charge in [-0.1, -0.05) is 12.1 Å². The quantitative estimate of drug-likeness (QED) is 0.867. The van der Waals surface area contributed by atoms with Crippen molar-refractivity contribution in [3.8, 4) is 0 Å². The summed E-state index contributed by atoms with van der Waals surface area (Å²) in [7, 11) is -3.53. The molecule has 142 valence electrons. The standard InChI is InChI=1S/C20H22FN3O2S/c1-13-11-24(12-14(2)23-13)27(25,26)17-6-3-15(4-7-17)19-10-22-20-9-16(21)5-8-18(19)20/h3-8,10,13-14,23H,9,11-12H2,1-2H3/t13-,14-/m0/s1. The molecule has 2 atom stereocenters. The van der Waals surface area contributed by atoms with Gasteiger partial charge in [-0.2, -0.15) is 4.31 Å². The molecule has 0 amide bonds. The van der Waals surface area contributed by atoms with E-state index in [2.05, 4.69) is 10.3 Å². The summed E-state index contributed by atoms with van der Waals surface area (Å²) in [6.07, 6.45) is 5.11. The molecule has 0 unspecified atom stereocenters. The molecule has 7 heteroatoms. The number of hydrogen-bond acceptors (Lipinski definition) is 4. The molecule has 5 nitrogen and oxygen atoms in total. The molecule has 27 heavy (non-hydrogen) atoms. The highest BCUT2D eigenvalue weighted by Gasteiger charge is 2.31. The van der Waals surface area contributed by atoms with Crippen LogP contribution in [0, 0.1) is 0 Å². The highest BCUT2D eigenvalue weighted by atomic mass is 32.2. The number of piperazine rings is 1. The van der Waals surface area contributed by atoms with Gasteiger partial charge < -0.3 is 5.32 Å². The molecular weight excluding hydrogens is 365 g/mol. The molecule has 1 saturated heterocycles. The van der Waals surface area contributed by atoms with Gasteiger partial charge in [0.25, 0.3) is 0 Å². The van der Waals surface area contributed by atoms with Crippen LogP contribution in [0.15, 0.2) is 63.9 Å². The third-order valence-electron chi connectivity index (χ3n) is 5.04. The fourth-order valence-electron chi connectivity index (χ4n) is 3.81. The topological polar surface area (TPSA) is 61.8 Å². The maximum absolute atomic E-state index is 13.4. The van der Waals surface area contributed by atoms with Crippen LogP contribution in [0.1, 0.15) is 25.8 Å². The second-order valence-corrected chi connectivity index (χ2v) is 9.24. The van der Waals surface area contributed by atoms with Crippen LogP contribution in [0.4, 0.5) is 4.39 Å². The van der Waals surface area contributed by atoms with Crippen molar-refractivity contribution >= 4 is 21.3 Å². The number of hydrogen-bond donors (Lipinski definition) is 1. The Bertz CT molecular complexity index is 981. The Hall–Kier alpha value is -2.09. The van der Waals surface area contributed by atoms with E-state index in [4.69, 9.17) is 0 Å². The molecule has 0 aromatic heterocycles. The van der Waals surface area contributed by atoms with Crippen LogP contribution in [-0.2, 0) is 10.0 Å². The van der Waals surface area contributed by atoms with Crippen LogP contribution < -0.4 is 5.32 Å². The highest BCUT2D eigenvalue weighted by molar-refractivity contribution is 7.89. The van der Waals surface area contributed by atoms with E-state index in [9.17, 15) is 12.8 Å². The van der Waals surface area contributed by atoms with Gasteiger partial charge in [0.15, 0.2) is 0 Å². The van der Waals surface area contributed by atoms with Gasteiger partial charge in [-0.3, -0.25) is 4.99 Å². The Morgan fingerprint density at radius 3 is 2.41 bits per heavy atom. The minimum Gasteiger partial charge on any atom is -0.309 e. The van der Waals surface area contributed by atoms with Gasteiger partial charge in [0, 0.05) is 48.9 Å². The smallest absolute Gasteiger partial charge is 0.243 e. The molecular formula is C20H22FN3O2S. The molecule has 3 aliphatic rings. The summed E-state index contributed by atoms with van der Waals surface area (Å²) >= 11 is 0. The normalized spacial score (nSPS) is 26.0. The van der Waals surface area contributed by atoms with E-state index in [0.717, 1.165) is 16.7 Å². The van der Waals surface area contributed by atoms with Crippen molar-refractivity contribution in [2.45, 2.75) is 37.2 Å². The summed E-state index contributed by atoms with van der Waals surface area (Å²) in [5.41, 5.74) is 3.38. The summed E-state index contributed by atoms with van der Waals surface area (Å²) in [6, 6.07) is 7.10. The molecule has 0 radical (unpaired) electrons. The zero-order valence-corrected chi connectivity index (χ0v) is 16.1.